The molecule has 1 aromatic carbocycles. The van der Waals surface area contributed by atoms with E-state index in [9.17, 15) is 4.39 Å². The number of nitrogens with one attached hydrogen (secondary N) is 1. The number of anilines is 1. The van der Waals surface area contributed by atoms with Gasteiger partial charge in [0.05, 0.1) is 0 Å². The second-order valence-electron chi connectivity index (χ2n) is 4.08. The number of benzene rings is 1. The van der Waals surface area contributed by atoms with Gasteiger partial charge in [0.1, 0.15) is 5.82 Å². The van der Waals surface area contributed by atoms with Crippen LogP contribution in [0.3, 0.4) is 0 Å². The van der Waals surface area contributed by atoms with Gasteiger partial charge in [-0.1, -0.05) is 0 Å². The molecule has 5 nitrogen and oxygen atoms in total. The van der Waals surface area contributed by atoms with E-state index in [0.29, 0.717) is 11.6 Å². The lowest BCUT2D eigenvalue weighted by molar-refractivity contribution is 0.628. The van der Waals surface area contributed by atoms with Gasteiger partial charge >= 0.3 is 0 Å². The summed E-state index contributed by atoms with van der Waals surface area (Å²) in [5, 5.41) is 2.84. The van der Waals surface area contributed by atoms with Crippen molar-refractivity contribution in [2.24, 2.45) is 10.7 Å². The molecule has 1 aromatic heterocycles. The third-order valence-corrected chi connectivity index (χ3v) is 2.31. The van der Waals surface area contributed by atoms with Gasteiger partial charge in [-0.3, -0.25) is 0 Å². The number of halogens is 1. The molecule has 0 saturated carbocycles. The van der Waals surface area contributed by atoms with Gasteiger partial charge in [-0.05, 0) is 44.2 Å². The Morgan fingerprint density at radius 1 is 1.16 bits per heavy atom. The van der Waals surface area contributed by atoms with E-state index < -0.39 is 0 Å². The Balaban J connectivity index is 2.16. The van der Waals surface area contributed by atoms with Crippen LogP contribution in [-0.4, -0.2) is 15.9 Å². The summed E-state index contributed by atoms with van der Waals surface area (Å²) in [7, 11) is 0. The van der Waals surface area contributed by atoms with Crippen molar-refractivity contribution in [2.75, 3.05) is 5.32 Å². The number of hydrogen-bond acceptors (Lipinski definition) is 3. The number of rotatable bonds is 2. The lowest BCUT2D eigenvalue weighted by atomic mass is 10.3. The van der Waals surface area contributed by atoms with Crippen LogP contribution in [0.2, 0.25) is 0 Å². The van der Waals surface area contributed by atoms with Gasteiger partial charge < -0.3 is 11.1 Å². The quantitative estimate of drug-likeness (QED) is 0.641. The van der Waals surface area contributed by atoms with Crippen LogP contribution in [0.5, 0.6) is 0 Å². The topological polar surface area (TPSA) is 76.2 Å². The van der Waals surface area contributed by atoms with Gasteiger partial charge in [0, 0.05) is 17.1 Å². The molecule has 6 heteroatoms. The number of nitrogens with zero attached hydrogens (tertiary/aromatic N) is 3. The Hall–Kier alpha value is -2.50. The highest BCUT2D eigenvalue weighted by molar-refractivity contribution is 5.93. The van der Waals surface area contributed by atoms with Gasteiger partial charge in [-0.2, -0.15) is 4.99 Å². The summed E-state index contributed by atoms with van der Waals surface area (Å²) in [6.45, 7) is 3.72. The summed E-state index contributed by atoms with van der Waals surface area (Å²) >= 11 is 0. The fourth-order valence-corrected chi connectivity index (χ4v) is 1.57. The van der Waals surface area contributed by atoms with Gasteiger partial charge in [0.2, 0.25) is 5.96 Å². The van der Waals surface area contributed by atoms with Crippen molar-refractivity contribution in [3.63, 3.8) is 0 Å². The smallest absolute Gasteiger partial charge is 0.253 e. The molecule has 0 atom stereocenters. The van der Waals surface area contributed by atoms with E-state index >= 15 is 0 Å². The monoisotopic (exact) mass is 259 g/mol. The Labute approximate surface area is 110 Å². The molecule has 1 heterocycles. The zero-order chi connectivity index (χ0) is 13.8. The van der Waals surface area contributed by atoms with E-state index in [1.165, 1.54) is 12.1 Å². The molecular formula is C13H14FN5. The zero-order valence-corrected chi connectivity index (χ0v) is 10.7. The van der Waals surface area contributed by atoms with Gasteiger partial charge in [-0.15, -0.1) is 0 Å². The third kappa shape index (κ3) is 3.74. The summed E-state index contributed by atoms with van der Waals surface area (Å²) in [5.41, 5.74) is 8.03. The Kier molecular flexibility index (Phi) is 3.70. The maximum absolute atomic E-state index is 12.8. The van der Waals surface area contributed by atoms with Gasteiger partial charge in [0.15, 0.2) is 0 Å². The molecule has 98 valence electrons. The predicted octanol–water partition coefficient (Wildman–Crippen LogP) is 2.29. The number of nitrogens with two attached hydrogens (primary N) is 1. The molecule has 0 saturated heterocycles. The van der Waals surface area contributed by atoms with Crippen molar-refractivity contribution in [2.45, 2.75) is 13.8 Å². The first-order valence-electron chi connectivity index (χ1n) is 5.72. The average Bonchev–Trinajstić information content (AvgIpc) is 2.30. The molecule has 2 rings (SSSR count). The number of hydrogen-bond donors (Lipinski definition) is 2. The van der Waals surface area contributed by atoms with E-state index in [4.69, 9.17) is 5.73 Å². The van der Waals surface area contributed by atoms with Crippen LogP contribution in [0.15, 0.2) is 35.3 Å². The standard InChI is InChI=1S/C13H14FN5/c1-8-7-9(2)17-13(16-8)19-12(15)18-11-5-3-10(14)4-6-11/h3-7H,1-2H3,(H3,15,16,17,18,19). The van der Waals surface area contributed by atoms with E-state index in [1.54, 1.807) is 12.1 Å². The molecule has 0 bridgehead atoms. The molecule has 3 N–H and O–H groups in total. The highest BCUT2D eigenvalue weighted by Crippen LogP contribution is 2.10. The fourth-order valence-electron chi connectivity index (χ4n) is 1.57. The van der Waals surface area contributed by atoms with Crippen molar-refractivity contribution in [1.82, 2.24) is 9.97 Å². The molecule has 0 aliphatic rings. The van der Waals surface area contributed by atoms with Gasteiger partial charge in [0.25, 0.3) is 5.95 Å². The Bertz CT molecular complexity index is 587. The van der Waals surface area contributed by atoms with Gasteiger partial charge in [-0.25, -0.2) is 14.4 Å². The van der Waals surface area contributed by atoms with Crippen LogP contribution in [-0.2, 0) is 0 Å². The highest BCUT2D eigenvalue weighted by atomic mass is 19.1. The van der Waals surface area contributed by atoms with Crippen molar-refractivity contribution < 1.29 is 4.39 Å². The van der Waals surface area contributed by atoms with Crippen molar-refractivity contribution in [3.05, 3.63) is 47.5 Å². The molecular weight excluding hydrogens is 245 g/mol. The number of aromatic nitrogens is 2. The first-order valence-corrected chi connectivity index (χ1v) is 5.72. The van der Waals surface area contributed by atoms with E-state index in [2.05, 4.69) is 20.3 Å². The third-order valence-electron chi connectivity index (χ3n) is 2.31. The van der Waals surface area contributed by atoms with Crippen molar-refractivity contribution >= 4 is 17.6 Å². The summed E-state index contributed by atoms with van der Waals surface area (Å²) in [4.78, 5) is 12.4. The van der Waals surface area contributed by atoms with Crippen LogP contribution in [0.1, 0.15) is 11.4 Å². The van der Waals surface area contributed by atoms with Crippen molar-refractivity contribution in [1.29, 1.82) is 0 Å². The van der Waals surface area contributed by atoms with E-state index in [0.717, 1.165) is 11.4 Å². The molecule has 0 radical (unpaired) electrons. The molecule has 2 aromatic rings. The SMILES string of the molecule is Cc1cc(C)nc(/N=C(\N)Nc2ccc(F)cc2)n1. The molecule has 0 amide bonds. The summed E-state index contributed by atoms with van der Waals surface area (Å²) in [6.07, 6.45) is 0. The lowest BCUT2D eigenvalue weighted by Gasteiger charge is -2.05. The minimum atomic E-state index is -0.307. The summed E-state index contributed by atoms with van der Waals surface area (Å²) in [6, 6.07) is 7.66. The minimum Gasteiger partial charge on any atom is -0.369 e. The van der Waals surface area contributed by atoms with Crippen LogP contribution in [0, 0.1) is 19.7 Å². The Morgan fingerprint density at radius 2 is 1.74 bits per heavy atom. The number of aryl methyl sites for hydroxylation is 2. The van der Waals surface area contributed by atoms with Crippen molar-refractivity contribution in [3.8, 4) is 0 Å². The zero-order valence-electron chi connectivity index (χ0n) is 10.7. The summed E-state index contributed by atoms with van der Waals surface area (Å²) in [5.74, 6) is 0.139. The van der Waals surface area contributed by atoms with E-state index in [-0.39, 0.29) is 11.8 Å². The first-order chi connectivity index (χ1) is 9.02. The maximum atomic E-state index is 12.8. The maximum Gasteiger partial charge on any atom is 0.253 e. The van der Waals surface area contributed by atoms with Crippen LogP contribution in [0.4, 0.5) is 16.0 Å². The molecule has 0 fully saturated rings. The number of guanidine groups is 1. The van der Waals surface area contributed by atoms with Crippen LogP contribution in [0.25, 0.3) is 0 Å². The summed E-state index contributed by atoms with van der Waals surface area (Å²) < 4.78 is 12.8. The highest BCUT2D eigenvalue weighted by Gasteiger charge is 2.00. The second-order valence-corrected chi connectivity index (χ2v) is 4.08. The second kappa shape index (κ2) is 5.43. The largest absolute Gasteiger partial charge is 0.369 e. The van der Waals surface area contributed by atoms with E-state index in [1.807, 2.05) is 19.9 Å². The molecule has 19 heavy (non-hydrogen) atoms. The molecule has 0 aliphatic heterocycles. The first kappa shape index (κ1) is 12.9. The molecule has 0 aliphatic carbocycles. The van der Waals surface area contributed by atoms with Crippen LogP contribution >= 0.6 is 0 Å². The predicted molar refractivity (Wildman–Crippen MR) is 72.8 cm³/mol. The normalized spacial score (nSPS) is 11.4. The Morgan fingerprint density at radius 3 is 2.32 bits per heavy atom. The minimum absolute atomic E-state index is 0.150. The number of aliphatic imine (C=N–C) groups is 1. The fraction of sp³-hybridized carbons (Fsp3) is 0.154. The van der Waals surface area contributed by atoms with Crippen LogP contribution < -0.4 is 11.1 Å². The molecule has 0 spiro atoms. The average molecular weight is 259 g/mol. The lowest BCUT2D eigenvalue weighted by Crippen LogP contribution is -2.22. The molecule has 0 unspecified atom stereocenters.